The molecular formula is C19H19ClF3NO3. The molecule has 0 aliphatic carbocycles. The molecule has 4 nitrogen and oxygen atoms in total. The number of carbonyl (C=O) groups excluding carboxylic acids is 1. The average Bonchev–Trinajstić information content (AvgIpc) is 2.64. The highest BCUT2D eigenvalue weighted by Gasteiger charge is 2.30. The second kappa shape index (κ2) is 9.50. The van der Waals surface area contributed by atoms with E-state index in [2.05, 4.69) is 5.32 Å². The molecule has 0 saturated heterocycles. The van der Waals surface area contributed by atoms with E-state index < -0.39 is 23.9 Å². The van der Waals surface area contributed by atoms with Crippen LogP contribution in [0.1, 0.15) is 24.5 Å². The summed E-state index contributed by atoms with van der Waals surface area (Å²) in [6, 6.07) is 11.5. The van der Waals surface area contributed by atoms with Gasteiger partial charge in [0.25, 0.3) is 0 Å². The number of hydrogen-bond donors (Lipinski definition) is 1. The Balaban J connectivity index is 1.82. The maximum absolute atomic E-state index is 12.7. The third kappa shape index (κ3) is 7.02. The fraction of sp³-hybridized carbons (Fsp3) is 0.316. The van der Waals surface area contributed by atoms with Gasteiger partial charge < -0.3 is 14.8 Å². The SMILES string of the molecule is CCC(COc1cccc(C(F)(F)F)c1)OC(=O)NCc1ccc(Cl)cc1. The predicted octanol–water partition coefficient (Wildman–Crippen LogP) is 5.44. The third-order valence-corrected chi connectivity index (χ3v) is 3.93. The van der Waals surface area contributed by atoms with E-state index in [9.17, 15) is 18.0 Å². The summed E-state index contributed by atoms with van der Waals surface area (Å²) in [5, 5.41) is 3.20. The van der Waals surface area contributed by atoms with Crippen molar-refractivity contribution in [3.05, 3.63) is 64.7 Å². The van der Waals surface area contributed by atoms with Crippen LogP contribution in [-0.2, 0) is 17.5 Å². The summed E-state index contributed by atoms with van der Waals surface area (Å²) in [7, 11) is 0. The molecule has 0 aliphatic heterocycles. The second-order valence-corrected chi connectivity index (χ2v) is 6.19. The summed E-state index contributed by atoms with van der Waals surface area (Å²) in [6.07, 6.45) is -5.22. The summed E-state index contributed by atoms with van der Waals surface area (Å²) in [5.74, 6) is 0.0634. The number of hydrogen-bond acceptors (Lipinski definition) is 3. The maximum atomic E-state index is 12.7. The van der Waals surface area contributed by atoms with Crippen LogP contribution in [0.5, 0.6) is 5.75 Å². The monoisotopic (exact) mass is 401 g/mol. The molecule has 0 saturated carbocycles. The molecule has 146 valence electrons. The molecule has 1 unspecified atom stereocenters. The van der Waals surface area contributed by atoms with Crippen molar-refractivity contribution in [3.8, 4) is 5.75 Å². The average molecular weight is 402 g/mol. The summed E-state index contributed by atoms with van der Waals surface area (Å²) in [6.45, 7) is 2.00. The molecule has 0 heterocycles. The lowest BCUT2D eigenvalue weighted by molar-refractivity contribution is -0.137. The number of nitrogens with one attached hydrogen (secondary N) is 1. The molecule has 0 aliphatic rings. The Morgan fingerprint density at radius 2 is 1.89 bits per heavy atom. The summed E-state index contributed by atoms with van der Waals surface area (Å²) in [4.78, 5) is 11.9. The van der Waals surface area contributed by atoms with E-state index in [-0.39, 0.29) is 18.9 Å². The molecule has 2 rings (SSSR count). The number of carbonyl (C=O) groups is 1. The second-order valence-electron chi connectivity index (χ2n) is 5.75. The molecule has 1 N–H and O–H groups in total. The number of alkyl carbamates (subject to hydrolysis) is 1. The Morgan fingerprint density at radius 3 is 2.52 bits per heavy atom. The van der Waals surface area contributed by atoms with Gasteiger partial charge in [0.2, 0.25) is 0 Å². The zero-order chi connectivity index (χ0) is 19.9. The van der Waals surface area contributed by atoms with E-state index in [0.29, 0.717) is 11.4 Å². The van der Waals surface area contributed by atoms with Crippen molar-refractivity contribution in [3.63, 3.8) is 0 Å². The minimum atomic E-state index is -4.44. The first-order valence-electron chi connectivity index (χ1n) is 8.27. The number of alkyl halides is 3. The van der Waals surface area contributed by atoms with Crippen LogP contribution in [0.2, 0.25) is 5.02 Å². The molecule has 0 bridgehead atoms. The third-order valence-electron chi connectivity index (χ3n) is 3.68. The molecule has 1 amide bonds. The molecule has 0 radical (unpaired) electrons. The topological polar surface area (TPSA) is 47.6 Å². The fourth-order valence-electron chi connectivity index (χ4n) is 2.16. The Labute approximate surface area is 160 Å². The Morgan fingerprint density at radius 1 is 1.19 bits per heavy atom. The van der Waals surface area contributed by atoms with Gasteiger partial charge in [0.15, 0.2) is 0 Å². The smallest absolute Gasteiger partial charge is 0.416 e. The molecular weight excluding hydrogens is 383 g/mol. The zero-order valence-corrected chi connectivity index (χ0v) is 15.3. The number of halogens is 4. The highest BCUT2D eigenvalue weighted by molar-refractivity contribution is 6.30. The summed E-state index contributed by atoms with van der Waals surface area (Å²) < 4.78 is 48.7. The van der Waals surface area contributed by atoms with Crippen LogP contribution in [0.4, 0.5) is 18.0 Å². The van der Waals surface area contributed by atoms with Crippen LogP contribution in [-0.4, -0.2) is 18.8 Å². The fourth-order valence-corrected chi connectivity index (χ4v) is 2.28. The molecule has 0 aromatic heterocycles. The van der Waals surface area contributed by atoms with Gasteiger partial charge in [-0.3, -0.25) is 0 Å². The number of amides is 1. The van der Waals surface area contributed by atoms with Crippen molar-refractivity contribution in [1.82, 2.24) is 5.32 Å². The van der Waals surface area contributed by atoms with E-state index in [4.69, 9.17) is 21.1 Å². The van der Waals surface area contributed by atoms with Crippen molar-refractivity contribution < 1.29 is 27.4 Å². The predicted molar refractivity (Wildman–Crippen MR) is 95.8 cm³/mol. The number of benzene rings is 2. The van der Waals surface area contributed by atoms with E-state index in [0.717, 1.165) is 17.7 Å². The van der Waals surface area contributed by atoms with Gasteiger partial charge >= 0.3 is 12.3 Å². The van der Waals surface area contributed by atoms with Gasteiger partial charge in [0, 0.05) is 11.6 Å². The normalized spacial score (nSPS) is 12.3. The van der Waals surface area contributed by atoms with Gasteiger partial charge in [-0.1, -0.05) is 36.7 Å². The minimum Gasteiger partial charge on any atom is -0.490 e. The maximum Gasteiger partial charge on any atom is 0.416 e. The van der Waals surface area contributed by atoms with E-state index in [1.54, 1.807) is 31.2 Å². The standard InChI is InChI=1S/C19H19ClF3NO3/c1-2-16(12-26-17-5-3-4-14(10-17)19(21,22)23)27-18(25)24-11-13-6-8-15(20)9-7-13/h3-10,16H,2,11-12H2,1H3,(H,24,25). The van der Waals surface area contributed by atoms with Crippen LogP contribution < -0.4 is 10.1 Å². The van der Waals surface area contributed by atoms with Gasteiger partial charge in [0.1, 0.15) is 18.5 Å². The first kappa shape index (κ1) is 20.9. The van der Waals surface area contributed by atoms with E-state index in [1.807, 2.05) is 0 Å². The van der Waals surface area contributed by atoms with Gasteiger partial charge in [-0.15, -0.1) is 0 Å². The van der Waals surface area contributed by atoms with Crippen molar-refractivity contribution in [2.75, 3.05) is 6.61 Å². The molecule has 0 spiro atoms. The van der Waals surface area contributed by atoms with Gasteiger partial charge in [-0.05, 0) is 42.3 Å². The van der Waals surface area contributed by atoms with Crippen molar-refractivity contribution in [2.45, 2.75) is 32.2 Å². The van der Waals surface area contributed by atoms with E-state index >= 15 is 0 Å². The van der Waals surface area contributed by atoms with Crippen molar-refractivity contribution in [2.24, 2.45) is 0 Å². The molecule has 27 heavy (non-hydrogen) atoms. The lowest BCUT2D eigenvalue weighted by atomic mass is 10.2. The molecule has 8 heteroatoms. The van der Waals surface area contributed by atoms with Crippen molar-refractivity contribution >= 4 is 17.7 Å². The van der Waals surface area contributed by atoms with Crippen LogP contribution >= 0.6 is 11.6 Å². The Hall–Kier alpha value is -2.41. The number of rotatable bonds is 7. The van der Waals surface area contributed by atoms with Crippen LogP contribution in [0.15, 0.2) is 48.5 Å². The van der Waals surface area contributed by atoms with Gasteiger partial charge in [-0.25, -0.2) is 4.79 Å². The lowest BCUT2D eigenvalue weighted by Gasteiger charge is -2.18. The van der Waals surface area contributed by atoms with Crippen LogP contribution in [0, 0.1) is 0 Å². The molecule has 0 fully saturated rings. The quantitative estimate of drug-likeness (QED) is 0.671. The molecule has 2 aromatic rings. The van der Waals surface area contributed by atoms with Gasteiger partial charge in [-0.2, -0.15) is 13.2 Å². The van der Waals surface area contributed by atoms with Crippen LogP contribution in [0.3, 0.4) is 0 Å². The number of ether oxygens (including phenoxy) is 2. The Kier molecular flexibility index (Phi) is 7.36. The minimum absolute atomic E-state index is 0.0494. The zero-order valence-electron chi connectivity index (χ0n) is 14.6. The van der Waals surface area contributed by atoms with Crippen LogP contribution in [0.25, 0.3) is 0 Å². The summed E-state index contributed by atoms with van der Waals surface area (Å²) in [5.41, 5.74) is 0.0549. The highest BCUT2D eigenvalue weighted by Crippen LogP contribution is 2.31. The Bertz CT molecular complexity index is 751. The van der Waals surface area contributed by atoms with E-state index in [1.165, 1.54) is 12.1 Å². The van der Waals surface area contributed by atoms with Crippen molar-refractivity contribution in [1.29, 1.82) is 0 Å². The first-order valence-corrected chi connectivity index (χ1v) is 8.64. The van der Waals surface area contributed by atoms with Gasteiger partial charge in [0.05, 0.1) is 5.56 Å². The lowest BCUT2D eigenvalue weighted by Crippen LogP contribution is -2.31. The highest BCUT2D eigenvalue weighted by atomic mass is 35.5. The molecule has 2 aromatic carbocycles. The summed E-state index contributed by atoms with van der Waals surface area (Å²) >= 11 is 5.79. The molecule has 1 atom stereocenters. The largest absolute Gasteiger partial charge is 0.490 e. The first-order chi connectivity index (χ1) is 12.8.